The number of aliphatic hydroxyl groups is 10. The van der Waals surface area contributed by atoms with E-state index in [2.05, 4.69) is 27.5 Å². The number of nitrogens with two attached hydrogens (primary N) is 1. The van der Waals surface area contributed by atoms with Gasteiger partial charge in [0, 0.05) is 6.61 Å². The van der Waals surface area contributed by atoms with Gasteiger partial charge in [0.15, 0.2) is 74.4 Å². The second-order valence-corrected chi connectivity index (χ2v) is 25.1. The van der Waals surface area contributed by atoms with E-state index in [9.17, 15) is 135 Å². The first-order chi connectivity index (χ1) is 45.1. The molecule has 6 aliphatic heterocycles. The SMILES string of the molecule is CC([O-])=N[C@H]1[C@H](OCCCCCN)O[C@H](CO)[C@@H](O[C@@H]2O[C@@H](C(=O)O)[C@@H](O[C@H]3O[C@H](CO)[C@@H](O[C@@H]4O[C@@H](C(=O)O)[C@@H](O[C@H]5O[C@H](CO)[C@@H](O[C@@H]6O[C@@H](C(=O)O)[C@@H](O)[C@H](O)[C@H]6OS(=O)(=O)O)[C@H](O)[C@H]5N=C(C)[O-])[C@H](O)[C@H]4OS(=O)(=O)O)[C@H](O)[C@H]3N=C(C)[O-])[C@H](O)[C@H]2OS(=O)(=O)O)[C@@H]1O. The van der Waals surface area contributed by atoms with Gasteiger partial charge in [-0.2, -0.15) is 25.3 Å². The van der Waals surface area contributed by atoms with E-state index in [0.717, 1.165) is 13.8 Å². The Hall–Kier alpha value is -4.49. The van der Waals surface area contributed by atoms with Crippen LogP contribution in [0.4, 0.5) is 0 Å². The number of carboxylic acids is 3. The number of carbonyl (C=O) groups is 3. The molecule has 560 valence electrons. The van der Waals surface area contributed by atoms with Crippen molar-refractivity contribution >= 4 is 66.8 Å². The van der Waals surface area contributed by atoms with Gasteiger partial charge in [-0.25, -0.2) is 26.9 Å². The molecule has 0 aromatic rings. The van der Waals surface area contributed by atoms with Crippen molar-refractivity contribution in [2.75, 3.05) is 33.0 Å². The first kappa shape index (κ1) is 81.5. The number of aliphatic hydroxyl groups excluding tert-OH is 10. The second-order valence-electron chi connectivity index (χ2n) is 22.0. The Morgan fingerprint density at radius 1 is 0.402 bits per heavy atom. The Kier molecular flexibility index (Phi) is 28.9. The molecule has 0 bridgehead atoms. The van der Waals surface area contributed by atoms with Crippen molar-refractivity contribution < 1.29 is 204 Å². The van der Waals surface area contributed by atoms with Crippen molar-refractivity contribution in [1.29, 1.82) is 0 Å². The van der Waals surface area contributed by atoms with E-state index in [0.29, 0.717) is 32.7 Å². The van der Waals surface area contributed by atoms with Crippen LogP contribution in [-0.2, 0) is 115 Å². The molecule has 6 heterocycles. The van der Waals surface area contributed by atoms with Crippen molar-refractivity contribution in [3.05, 3.63) is 0 Å². The smallest absolute Gasteiger partial charge is 0.397 e. The van der Waals surface area contributed by atoms with Crippen LogP contribution >= 0.6 is 0 Å². The molecule has 6 rings (SSSR count). The third-order valence-electron chi connectivity index (χ3n) is 15.1. The summed E-state index contributed by atoms with van der Waals surface area (Å²) < 4.78 is 183. The van der Waals surface area contributed by atoms with E-state index in [1.165, 1.54) is 0 Å². The lowest BCUT2D eigenvalue weighted by Gasteiger charge is -2.50. The van der Waals surface area contributed by atoms with E-state index in [-0.39, 0.29) is 6.61 Å². The summed E-state index contributed by atoms with van der Waals surface area (Å²) in [7, 11) is -17.5. The standard InChI is InChI=1S/C47H76N4O43S3/c1-12(55)49-18-21(58)28(15(9-52)81-42(18)80-8-6-4-5-7-48)85-46-35(93-96(74,75)76)26(63)31(37(90-46)40(67)68)88-44-20(51-14(3)57)23(60)30(17(11-54)83-44)86-47-36(94-97(77,78)79)27(64)32(38(91-47)41(69)70)87-43-19(50-13(2)56)22(59)29(16(10-53)82-43)84-45-34(92-95(71,72)73)25(62)24(61)33(89-45)39(65)66/h15-38,42-47,52-54,58-64H,4-11,48H2,1-3H3,(H,49,55)(H,50,56)(H,51,57)(H,65,66)(H,67,68)(H,69,70)(H,71,72,73)(H,74,75,76)(H,77,78,79)/p-3/t15-,16-,17-,18-,19-,20-,21-,22-,23-,24+,25+,26+,27+,28-,29-,30-,31+,32+,33-,34-,35-,36-,37-,38-,42-,43-,44-,45-,46-,47-/m1/s1. The van der Waals surface area contributed by atoms with Crippen molar-refractivity contribution in [2.45, 2.75) is 224 Å². The minimum atomic E-state index is -5.97. The number of aliphatic imine (C=N–C) groups is 3. The highest BCUT2D eigenvalue weighted by molar-refractivity contribution is 7.81. The van der Waals surface area contributed by atoms with Gasteiger partial charge >= 0.3 is 49.1 Å². The number of rotatable bonds is 31. The van der Waals surface area contributed by atoms with Gasteiger partial charge in [-0.05, 0) is 64.3 Å². The van der Waals surface area contributed by atoms with E-state index < -0.39 is 271 Å². The molecule has 6 aliphatic rings. The minimum absolute atomic E-state index is 0.0669. The van der Waals surface area contributed by atoms with Crippen molar-refractivity contribution in [2.24, 2.45) is 20.7 Å². The maximum Gasteiger partial charge on any atom is 0.397 e. The van der Waals surface area contributed by atoms with Gasteiger partial charge in [0.1, 0.15) is 110 Å². The van der Waals surface area contributed by atoms with E-state index in [4.69, 9.17) is 62.6 Å². The van der Waals surface area contributed by atoms with Gasteiger partial charge < -0.3 is 144 Å². The van der Waals surface area contributed by atoms with Crippen LogP contribution in [0.15, 0.2) is 15.0 Å². The molecule has 0 spiro atoms. The molecule has 97 heavy (non-hydrogen) atoms. The largest absolute Gasteiger partial charge is 0.862 e. The van der Waals surface area contributed by atoms with E-state index in [1.807, 2.05) is 0 Å². The molecule has 0 aromatic carbocycles. The quantitative estimate of drug-likeness (QED) is 0.0133. The highest BCUT2D eigenvalue weighted by atomic mass is 32.3. The molecule has 47 nitrogen and oxygen atoms in total. The van der Waals surface area contributed by atoms with Crippen LogP contribution < -0.4 is 21.1 Å². The van der Waals surface area contributed by atoms with Crippen LogP contribution in [0.2, 0.25) is 0 Å². The fourth-order valence-corrected chi connectivity index (χ4v) is 12.4. The van der Waals surface area contributed by atoms with E-state index in [1.54, 1.807) is 0 Å². The number of ether oxygens (including phenoxy) is 12. The normalized spacial score (nSPS) is 41.5. The monoisotopic (exact) mass is 1480 g/mol. The summed E-state index contributed by atoms with van der Waals surface area (Å²) in [6.07, 6.45) is -66.0. The molecule has 0 aromatic heterocycles. The molecule has 50 heteroatoms. The topological polar surface area (TPSA) is 748 Å². The summed E-state index contributed by atoms with van der Waals surface area (Å²) in [4.78, 5) is 49.0. The van der Waals surface area contributed by atoms with Gasteiger partial charge in [-0.3, -0.25) is 28.6 Å². The molecule has 30 atom stereocenters. The van der Waals surface area contributed by atoms with Gasteiger partial charge in [0.05, 0.1) is 19.8 Å². The molecule has 0 unspecified atom stereocenters. The maximum atomic E-state index is 13.1. The fourth-order valence-electron chi connectivity index (χ4n) is 10.9. The maximum absolute atomic E-state index is 13.1. The summed E-state index contributed by atoms with van der Waals surface area (Å²) in [6, 6.07) is -6.44. The summed E-state index contributed by atoms with van der Waals surface area (Å²) in [6.45, 7) is -1.26. The third-order valence-corrected chi connectivity index (χ3v) is 16.5. The average molecular weight is 1480 g/mol. The average Bonchev–Trinajstić information content (AvgIpc) is 0.769. The zero-order chi connectivity index (χ0) is 72.7. The summed E-state index contributed by atoms with van der Waals surface area (Å²) in [5.74, 6) is -9.86. The highest BCUT2D eigenvalue weighted by Crippen LogP contribution is 2.40. The van der Waals surface area contributed by atoms with Gasteiger partial charge in [0.2, 0.25) is 0 Å². The third kappa shape index (κ3) is 20.9. The number of unbranched alkanes of at least 4 members (excludes halogenated alkanes) is 2. The summed E-state index contributed by atoms with van der Waals surface area (Å²) in [5.41, 5.74) is 5.52. The second kappa shape index (κ2) is 34.5. The lowest BCUT2D eigenvalue weighted by atomic mass is 9.94. The Balaban J connectivity index is 1.29. The van der Waals surface area contributed by atoms with Crippen molar-refractivity contribution in [3.63, 3.8) is 0 Å². The Morgan fingerprint density at radius 2 is 0.701 bits per heavy atom. The van der Waals surface area contributed by atoms with E-state index >= 15 is 0 Å². The molecule has 0 saturated carbocycles. The lowest BCUT2D eigenvalue weighted by Crippen LogP contribution is -2.69. The van der Waals surface area contributed by atoms with Gasteiger partial charge in [-0.15, -0.1) is 0 Å². The zero-order valence-corrected chi connectivity index (χ0v) is 52.7. The van der Waals surface area contributed by atoms with Gasteiger partial charge in [0.25, 0.3) is 0 Å². The molecule has 0 radical (unpaired) electrons. The predicted octanol–water partition coefficient (Wildman–Crippen LogP) is -13.8. The fraction of sp³-hybridized carbons (Fsp3) is 0.872. The number of carboxylic acid groups (broad SMARTS) is 3. The van der Waals surface area contributed by atoms with Crippen molar-refractivity contribution in [1.82, 2.24) is 0 Å². The van der Waals surface area contributed by atoms with Crippen LogP contribution in [0.25, 0.3) is 0 Å². The Bertz CT molecular complexity index is 3070. The molecule has 6 saturated heterocycles. The first-order valence-electron chi connectivity index (χ1n) is 28.6. The highest BCUT2D eigenvalue weighted by Gasteiger charge is 2.61. The lowest BCUT2D eigenvalue weighted by molar-refractivity contribution is -0.375. The Labute approximate surface area is 547 Å². The van der Waals surface area contributed by atoms with Crippen LogP contribution in [-0.4, -0.2) is 358 Å². The summed E-state index contributed by atoms with van der Waals surface area (Å²) in [5, 5.41) is 180. The predicted molar refractivity (Wildman–Crippen MR) is 291 cm³/mol. The molecule has 0 aliphatic carbocycles. The van der Waals surface area contributed by atoms with Crippen LogP contribution in [0.5, 0.6) is 0 Å². The Morgan fingerprint density at radius 3 is 1.00 bits per heavy atom. The van der Waals surface area contributed by atoms with Crippen LogP contribution in [0.1, 0.15) is 40.0 Å². The number of aliphatic carboxylic acids is 3. The number of hydrogen-bond donors (Lipinski definition) is 17. The minimum Gasteiger partial charge on any atom is -0.862 e. The summed E-state index contributed by atoms with van der Waals surface area (Å²) >= 11 is 0. The molecule has 0 amide bonds. The molecule has 6 fully saturated rings. The number of hydrogen-bond acceptors (Lipinski definition) is 41. The van der Waals surface area contributed by atoms with Gasteiger partial charge in [-0.1, -0.05) is 0 Å². The first-order valence-corrected chi connectivity index (χ1v) is 32.7. The molecular weight excluding hydrogens is 1400 g/mol. The number of nitrogens with zero attached hydrogens (tertiary/aromatic N) is 3. The molecule has 18 N–H and O–H groups in total. The zero-order valence-electron chi connectivity index (χ0n) is 50.3. The van der Waals surface area contributed by atoms with Crippen LogP contribution in [0.3, 0.4) is 0 Å². The van der Waals surface area contributed by atoms with Crippen LogP contribution in [0, 0.1) is 0 Å². The van der Waals surface area contributed by atoms with Crippen molar-refractivity contribution in [3.8, 4) is 0 Å². The molecular formula is C47H73N4O43S3-3.